The molecular weight excluding hydrogens is 222 g/mol. The third-order valence-corrected chi connectivity index (χ3v) is 4.50. The molecular formula is C16H23NO. The molecule has 0 heterocycles. The van der Waals surface area contributed by atoms with Crippen LogP contribution in [-0.4, -0.2) is 13.7 Å². The van der Waals surface area contributed by atoms with Crippen LogP contribution >= 0.6 is 0 Å². The molecule has 2 nitrogen and oxygen atoms in total. The average molecular weight is 245 g/mol. The predicted octanol–water partition coefficient (Wildman–Crippen LogP) is 3.46. The molecule has 0 spiro atoms. The molecule has 0 saturated heterocycles. The van der Waals surface area contributed by atoms with Crippen molar-refractivity contribution in [2.75, 3.05) is 13.7 Å². The fraction of sp³-hybridized carbons (Fsp3) is 0.625. The molecule has 0 aromatic heterocycles. The van der Waals surface area contributed by atoms with Crippen molar-refractivity contribution in [3.8, 4) is 5.75 Å². The van der Waals surface area contributed by atoms with Crippen LogP contribution < -0.4 is 10.1 Å². The van der Waals surface area contributed by atoms with Gasteiger partial charge in [-0.2, -0.15) is 0 Å². The number of benzene rings is 1. The third-order valence-electron chi connectivity index (χ3n) is 4.50. The second-order valence-corrected chi connectivity index (χ2v) is 5.70. The highest BCUT2D eigenvalue weighted by atomic mass is 16.5. The van der Waals surface area contributed by atoms with Gasteiger partial charge in [-0.3, -0.25) is 0 Å². The van der Waals surface area contributed by atoms with Gasteiger partial charge in [0.1, 0.15) is 5.75 Å². The minimum atomic E-state index is 0.545. The van der Waals surface area contributed by atoms with Crippen molar-refractivity contribution >= 4 is 0 Å². The molecule has 1 N–H and O–H groups in total. The standard InChI is InChI=1S/C16H23NO/c1-17-16-9-6-13-10-14(7-8-15(13)16)18-11-12-4-2-3-5-12/h7-8,10,12,16-17H,2-6,9,11H2,1H3. The molecule has 0 radical (unpaired) electrons. The van der Waals surface area contributed by atoms with Crippen molar-refractivity contribution in [3.05, 3.63) is 29.3 Å². The normalized spacial score (nSPS) is 23.3. The number of ether oxygens (including phenoxy) is 1. The lowest BCUT2D eigenvalue weighted by atomic mass is 10.1. The Labute approximate surface area is 110 Å². The molecule has 1 atom stereocenters. The summed E-state index contributed by atoms with van der Waals surface area (Å²) in [6.45, 7) is 0.911. The van der Waals surface area contributed by atoms with E-state index in [4.69, 9.17) is 4.74 Å². The van der Waals surface area contributed by atoms with Gasteiger partial charge in [0.2, 0.25) is 0 Å². The van der Waals surface area contributed by atoms with E-state index in [1.807, 2.05) is 7.05 Å². The zero-order valence-electron chi connectivity index (χ0n) is 11.2. The van der Waals surface area contributed by atoms with Crippen LogP contribution in [0.25, 0.3) is 0 Å². The molecule has 18 heavy (non-hydrogen) atoms. The average Bonchev–Trinajstić information content (AvgIpc) is 3.05. The Morgan fingerprint density at radius 3 is 2.83 bits per heavy atom. The molecule has 1 aromatic rings. The number of rotatable bonds is 4. The summed E-state index contributed by atoms with van der Waals surface area (Å²) in [6.07, 6.45) is 7.89. The van der Waals surface area contributed by atoms with Crippen molar-refractivity contribution in [2.45, 2.75) is 44.6 Å². The summed E-state index contributed by atoms with van der Waals surface area (Å²) in [7, 11) is 2.05. The highest BCUT2D eigenvalue weighted by Gasteiger charge is 2.21. The summed E-state index contributed by atoms with van der Waals surface area (Å²) in [6, 6.07) is 7.18. The zero-order chi connectivity index (χ0) is 12.4. The fourth-order valence-electron chi connectivity index (χ4n) is 3.37. The summed E-state index contributed by atoms with van der Waals surface area (Å²) < 4.78 is 5.96. The first-order chi connectivity index (χ1) is 8.86. The highest BCUT2D eigenvalue weighted by molar-refractivity contribution is 5.40. The van der Waals surface area contributed by atoms with Gasteiger partial charge < -0.3 is 10.1 Å². The third kappa shape index (κ3) is 2.39. The lowest BCUT2D eigenvalue weighted by Crippen LogP contribution is -2.12. The Morgan fingerprint density at radius 2 is 2.06 bits per heavy atom. The SMILES string of the molecule is CNC1CCc2cc(OCC3CCCC3)ccc21. The first-order valence-corrected chi connectivity index (χ1v) is 7.29. The minimum Gasteiger partial charge on any atom is -0.493 e. The Kier molecular flexibility index (Phi) is 3.55. The van der Waals surface area contributed by atoms with Gasteiger partial charge in [-0.05, 0) is 61.9 Å². The van der Waals surface area contributed by atoms with Crippen LogP contribution in [0.1, 0.15) is 49.3 Å². The number of hydrogen-bond donors (Lipinski definition) is 1. The van der Waals surface area contributed by atoms with E-state index in [2.05, 4.69) is 23.5 Å². The van der Waals surface area contributed by atoms with E-state index >= 15 is 0 Å². The largest absolute Gasteiger partial charge is 0.493 e. The molecule has 2 heteroatoms. The lowest BCUT2D eigenvalue weighted by Gasteiger charge is -2.13. The van der Waals surface area contributed by atoms with Crippen LogP contribution in [0, 0.1) is 5.92 Å². The van der Waals surface area contributed by atoms with Gasteiger partial charge in [0.05, 0.1) is 6.61 Å². The van der Waals surface area contributed by atoms with Gasteiger partial charge in [-0.25, -0.2) is 0 Å². The van der Waals surface area contributed by atoms with Crippen LogP contribution in [0.3, 0.4) is 0 Å². The maximum atomic E-state index is 5.96. The molecule has 2 aliphatic carbocycles. The molecule has 1 saturated carbocycles. The molecule has 1 fully saturated rings. The smallest absolute Gasteiger partial charge is 0.119 e. The van der Waals surface area contributed by atoms with Crippen LogP contribution in [0.4, 0.5) is 0 Å². The van der Waals surface area contributed by atoms with Gasteiger partial charge in [-0.1, -0.05) is 18.9 Å². The predicted molar refractivity (Wildman–Crippen MR) is 74.0 cm³/mol. The summed E-state index contributed by atoms with van der Waals surface area (Å²) in [4.78, 5) is 0. The maximum absolute atomic E-state index is 5.96. The molecule has 1 unspecified atom stereocenters. The van der Waals surface area contributed by atoms with Crippen LogP contribution in [0.5, 0.6) is 5.75 Å². The fourth-order valence-corrected chi connectivity index (χ4v) is 3.37. The summed E-state index contributed by atoms with van der Waals surface area (Å²) >= 11 is 0. The van der Waals surface area contributed by atoms with Crippen LogP contribution in [-0.2, 0) is 6.42 Å². The van der Waals surface area contributed by atoms with Gasteiger partial charge in [0.15, 0.2) is 0 Å². The first-order valence-electron chi connectivity index (χ1n) is 7.29. The summed E-state index contributed by atoms with van der Waals surface area (Å²) in [5, 5.41) is 3.38. The maximum Gasteiger partial charge on any atom is 0.119 e. The van der Waals surface area contributed by atoms with Gasteiger partial charge in [0, 0.05) is 6.04 Å². The number of nitrogens with one attached hydrogen (secondary N) is 1. The van der Waals surface area contributed by atoms with Crippen molar-refractivity contribution in [1.29, 1.82) is 0 Å². The van der Waals surface area contributed by atoms with E-state index < -0.39 is 0 Å². The quantitative estimate of drug-likeness (QED) is 0.877. The van der Waals surface area contributed by atoms with Crippen molar-refractivity contribution in [1.82, 2.24) is 5.32 Å². The van der Waals surface area contributed by atoms with E-state index in [-0.39, 0.29) is 0 Å². The topological polar surface area (TPSA) is 21.3 Å². The van der Waals surface area contributed by atoms with E-state index in [9.17, 15) is 0 Å². The molecule has 3 rings (SSSR count). The van der Waals surface area contributed by atoms with E-state index in [1.165, 1.54) is 49.7 Å². The van der Waals surface area contributed by atoms with Crippen molar-refractivity contribution < 1.29 is 4.74 Å². The zero-order valence-corrected chi connectivity index (χ0v) is 11.2. The number of fused-ring (bicyclic) bond motifs is 1. The molecule has 2 aliphatic rings. The van der Waals surface area contributed by atoms with Crippen LogP contribution in [0.2, 0.25) is 0 Å². The second kappa shape index (κ2) is 5.31. The molecule has 98 valence electrons. The Hall–Kier alpha value is -1.02. The second-order valence-electron chi connectivity index (χ2n) is 5.70. The monoisotopic (exact) mass is 245 g/mol. The number of aryl methyl sites for hydroxylation is 1. The molecule has 1 aromatic carbocycles. The summed E-state index contributed by atoms with van der Waals surface area (Å²) in [5.74, 6) is 1.86. The molecule has 0 amide bonds. The number of hydrogen-bond acceptors (Lipinski definition) is 2. The van der Waals surface area contributed by atoms with Gasteiger partial charge in [-0.15, -0.1) is 0 Å². The van der Waals surface area contributed by atoms with E-state index in [0.29, 0.717) is 6.04 Å². The van der Waals surface area contributed by atoms with Crippen molar-refractivity contribution in [3.63, 3.8) is 0 Å². The van der Waals surface area contributed by atoms with E-state index in [0.717, 1.165) is 18.3 Å². The Bertz CT molecular complexity index is 410. The molecule has 0 bridgehead atoms. The Balaban J connectivity index is 1.63. The molecule has 0 aliphatic heterocycles. The van der Waals surface area contributed by atoms with Crippen molar-refractivity contribution in [2.24, 2.45) is 5.92 Å². The van der Waals surface area contributed by atoms with Gasteiger partial charge >= 0.3 is 0 Å². The first kappa shape index (κ1) is 12.0. The van der Waals surface area contributed by atoms with Gasteiger partial charge in [0.25, 0.3) is 0 Å². The highest BCUT2D eigenvalue weighted by Crippen LogP contribution is 2.33. The summed E-state index contributed by atoms with van der Waals surface area (Å²) in [5.41, 5.74) is 2.93. The minimum absolute atomic E-state index is 0.545. The van der Waals surface area contributed by atoms with E-state index in [1.54, 1.807) is 0 Å². The van der Waals surface area contributed by atoms with Crippen LogP contribution in [0.15, 0.2) is 18.2 Å². The lowest BCUT2D eigenvalue weighted by molar-refractivity contribution is 0.252. The Morgan fingerprint density at radius 1 is 1.22 bits per heavy atom.